The molecule has 0 saturated heterocycles. The van der Waals surface area contributed by atoms with Crippen molar-refractivity contribution in [1.29, 1.82) is 0 Å². The third kappa shape index (κ3) is 3.98. The van der Waals surface area contributed by atoms with E-state index in [0.717, 1.165) is 12.0 Å². The van der Waals surface area contributed by atoms with Gasteiger partial charge in [-0.15, -0.1) is 0 Å². The summed E-state index contributed by atoms with van der Waals surface area (Å²) in [7, 11) is 0. The van der Waals surface area contributed by atoms with Crippen molar-refractivity contribution < 1.29 is 9.59 Å². The zero-order valence-electron chi connectivity index (χ0n) is 13.1. The summed E-state index contributed by atoms with van der Waals surface area (Å²) in [5.41, 5.74) is 2.75. The fourth-order valence-electron chi connectivity index (χ4n) is 2.46. The maximum Gasteiger partial charge on any atom is 0.207 e. The van der Waals surface area contributed by atoms with Gasteiger partial charge in [0.15, 0.2) is 11.6 Å². The van der Waals surface area contributed by atoms with Crippen LogP contribution in [0, 0.1) is 0 Å². The van der Waals surface area contributed by atoms with Gasteiger partial charge in [0.2, 0.25) is 5.78 Å². The van der Waals surface area contributed by atoms with Crippen LogP contribution in [0.25, 0.3) is 0 Å². The molecule has 4 heteroatoms. The molecule has 118 valence electrons. The van der Waals surface area contributed by atoms with Crippen molar-refractivity contribution in [3.8, 4) is 0 Å². The molecule has 3 rings (SSSR count). The summed E-state index contributed by atoms with van der Waals surface area (Å²) in [4.78, 5) is 32.2. The van der Waals surface area contributed by atoms with E-state index >= 15 is 0 Å². The average molecular weight is 316 g/mol. The van der Waals surface area contributed by atoms with E-state index in [2.05, 4.69) is 9.97 Å². The van der Waals surface area contributed by atoms with Gasteiger partial charge in [-0.1, -0.05) is 48.5 Å². The van der Waals surface area contributed by atoms with Crippen molar-refractivity contribution >= 4 is 11.6 Å². The first-order chi connectivity index (χ1) is 11.7. The Morgan fingerprint density at radius 2 is 1.46 bits per heavy atom. The van der Waals surface area contributed by atoms with Gasteiger partial charge in [0.1, 0.15) is 0 Å². The Balaban J connectivity index is 1.71. The van der Waals surface area contributed by atoms with Gasteiger partial charge in [0.25, 0.3) is 0 Å². The van der Waals surface area contributed by atoms with Crippen molar-refractivity contribution in [2.24, 2.45) is 0 Å². The highest BCUT2D eigenvalue weighted by molar-refractivity contribution is 6.12. The van der Waals surface area contributed by atoms with Crippen LogP contribution in [0.3, 0.4) is 0 Å². The van der Waals surface area contributed by atoms with E-state index in [1.165, 1.54) is 18.0 Å². The number of aromatic nitrogens is 2. The number of Topliss-reactive ketones (excluding diaryl/α,β-unsaturated/α-hetero) is 2. The molecule has 0 spiro atoms. The van der Waals surface area contributed by atoms with Crippen LogP contribution < -0.4 is 0 Å². The highest BCUT2D eigenvalue weighted by atomic mass is 16.1. The van der Waals surface area contributed by atoms with Gasteiger partial charge in [0.05, 0.1) is 6.42 Å². The molecule has 2 aromatic carbocycles. The molecule has 0 saturated carbocycles. The number of hydrogen-bond acceptors (Lipinski definition) is 4. The molecular weight excluding hydrogens is 300 g/mol. The van der Waals surface area contributed by atoms with Gasteiger partial charge in [0, 0.05) is 18.0 Å². The molecule has 0 bridgehead atoms. The fraction of sp³-hybridized carbons (Fsp3) is 0.100. The summed E-state index contributed by atoms with van der Waals surface area (Å²) in [5, 5.41) is 0. The van der Waals surface area contributed by atoms with Crippen molar-refractivity contribution in [2.75, 3.05) is 0 Å². The largest absolute Gasteiger partial charge is 0.294 e. The van der Waals surface area contributed by atoms with E-state index in [1.807, 2.05) is 48.5 Å². The molecule has 1 aromatic heterocycles. The van der Waals surface area contributed by atoms with Crippen LogP contribution in [-0.4, -0.2) is 21.5 Å². The number of carbonyl (C=O) groups excluding carboxylic acids is 2. The predicted octanol–water partition coefficient (Wildman–Crippen LogP) is 3.52. The molecule has 0 aliphatic carbocycles. The fourth-order valence-corrected chi connectivity index (χ4v) is 2.46. The molecule has 0 N–H and O–H groups in total. The van der Waals surface area contributed by atoms with Crippen molar-refractivity contribution in [3.05, 3.63) is 95.6 Å². The second-order valence-electron chi connectivity index (χ2n) is 5.46. The first kappa shape index (κ1) is 15.7. The smallest absolute Gasteiger partial charge is 0.207 e. The SMILES string of the molecule is O=C(CC(=O)c1ncccn1)c1cccc(Cc2ccccc2)c1. The summed E-state index contributed by atoms with van der Waals surface area (Å²) >= 11 is 0. The molecule has 1 heterocycles. The van der Waals surface area contributed by atoms with Gasteiger partial charge < -0.3 is 0 Å². The Morgan fingerprint density at radius 1 is 0.750 bits per heavy atom. The van der Waals surface area contributed by atoms with Crippen LogP contribution >= 0.6 is 0 Å². The second kappa shape index (κ2) is 7.42. The van der Waals surface area contributed by atoms with Crippen LogP contribution in [0.4, 0.5) is 0 Å². The number of carbonyl (C=O) groups is 2. The highest BCUT2D eigenvalue weighted by Crippen LogP contribution is 2.13. The van der Waals surface area contributed by atoms with E-state index in [-0.39, 0.29) is 23.8 Å². The topological polar surface area (TPSA) is 59.9 Å². The number of rotatable bonds is 6. The molecule has 0 aliphatic heterocycles. The van der Waals surface area contributed by atoms with Crippen LogP contribution in [0.2, 0.25) is 0 Å². The molecule has 0 radical (unpaired) electrons. The lowest BCUT2D eigenvalue weighted by Gasteiger charge is -2.05. The monoisotopic (exact) mass is 316 g/mol. The summed E-state index contributed by atoms with van der Waals surface area (Å²) < 4.78 is 0. The van der Waals surface area contributed by atoms with Gasteiger partial charge in [-0.3, -0.25) is 9.59 Å². The highest BCUT2D eigenvalue weighted by Gasteiger charge is 2.15. The minimum Gasteiger partial charge on any atom is -0.294 e. The molecule has 0 unspecified atom stereocenters. The molecule has 4 nitrogen and oxygen atoms in total. The van der Waals surface area contributed by atoms with Crippen molar-refractivity contribution in [1.82, 2.24) is 9.97 Å². The molecule has 0 aliphatic rings. The van der Waals surface area contributed by atoms with Crippen LogP contribution in [0.1, 0.15) is 38.5 Å². The van der Waals surface area contributed by atoms with E-state index < -0.39 is 0 Å². The lowest BCUT2D eigenvalue weighted by Crippen LogP contribution is -2.11. The van der Waals surface area contributed by atoms with Crippen molar-refractivity contribution in [2.45, 2.75) is 12.8 Å². The Kier molecular flexibility index (Phi) is 4.87. The van der Waals surface area contributed by atoms with E-state index in [1.54, 1.807) is 12.1 Å². The maximum absolute atomic E-state index is 12.4. The first-order valence-corrected chi connectivity index (χ1v) is 7.68. The number of nitrogens with zero attached hydrogens (tertiary/aromatic N) is 2. The lowest BCUT2D eigenvalue weighted by atomic mass is 9.99. The van der Waals surface area contributed by atoms with Crippen molar-refractivity contribution in [3.63, 3.8) is 0 Å². The summed E-state index contributed by atoms with van der Waals surface area (Å²) in [6.07, 6.45) is 3.51. The Morgan fingerprint density at radius 3 is 2.21 bits per heavy atom. The molecule has 0 atom stereocenters. The quantitative estimate of drug-likeness (QED) is 0.515. The molecule has 0 fully saturated rings. The van der Waals surface area contributed by atoms with Crippen LogP contribution in [0.5, 0.6) is 0 Å². The van der Waals surface area contributed by atoms with Crippen LogP contribution in [0.15, 0.2) is 73.1 Å². The molecule has 24 heavy (non-hydrogen) atoms. The lowest BCUT2D eigenvalue weighted by molar-refractivity contribution is 0.0888. The van der Waals surface area contributed by atoms with E-state index in [4.69, 9.17) is 0 Å². The zero-order chi connectivity index (χ0) is 16.8. The standard InChI is InChI=1S/C20H16N2O2/c23-18(14-19(24)20-21-10-5-11-22-20)17-9-4-8-16(13-17)12-15-6-2-1-3-7-15/h1-11,13H,12,14H2. The summed E-state index contributed by atoms with van der Waals surface area (Å²) in [6.45, 7) is 0. The predicted molar refractivity (Wildman–Crippen MR) is 91.0 cm³/mol. The summed E-state index contributed by atoms with van der Waals surface area (Å²) in [5.74, 6) is -0.511. The second-order valence-corrected chi connectivity index (χ2v) is 5.46. The Labute approximate surface area is 140 Å². The van der Waals surface area contributed by atoms with Gasteiger partial charge in [-0.2, -0.15) is 0 Å². The molecule has 0 amide bonds. The number of hydrogen-bond donors (Lipinski definition) is 0. The summed E-state index contributed by atoms with van der Waals surface area (Å²) in [6, 6.07) is 19.1. The van der Waals surface area contributed by atoms with E-state index in [9.17, 15) is 9.59 Å². The third-order valence-electron chi connectivity index (χ3n) is 3.64. The normalized spacial score (nSPS) is 10.3. The number of benzene rings is 2. The first-order valence-electron chi connectivity index (χ1n) is 7.68. The van der Waals surface area contributed by atoms with Crippen LogP contribution in [-0.2, 0) is 6.42 Å². The molecular formula is C20H16N2O2. The Hall–Kier alpha value is -3.14. The zero-order valence-corrected chi connectivity index (χ0v) is 13.1. The van der Waals surface area contributed by atoms with Gasteiger partial charge in [-0.25, -0.2) is 9.97 Å². The average Bonchev–Trinajstić information content (AvgIpc) is 2.63. The van der Waals surface area contributed by atoms with E-state index in [0.29, 0.717) is 5.56 Å². The minimum absolute atomic E-state index is 0.0753. The van der Waals surface area contributed by atoms with Gasteiger partial charge >= 0.3 is 0 Å². The number of ketones is 2. The Bertz CT molecular complexity index is 846. The minimum atomic E-state index is -0.367. The third-order valence-corrected chi connectivity index (χ3v) is 3.64. The van der Waals surface area contributed by atoms with Gasteiger partial charge in [-0.05, 0) is 29.7 Å². The maximum atomic E-state index is 12.4. The molecule has 3 aromatic rings.